The van der Waals surface area contributed by atoms with Gasteiger partial charge in [0.2, 0.25) is 0 Å². The Bertz CT molecular complexity index is 37.1. The number of thiocarbonyl (C=S) groups is 1. The number of hydrogen-bond donors (Lipinski definition) is 0. The van der Waals surface area contributed by atoms with Crippen molar-refractivity contribution in [3.63, 3.8) is 0 Å². The standard InChI is InChI=1S/C5H9S.Na/c1-2-3-4-5-6;/h5H,1-4H2;/q-1;+1. The van der Waals surface area contributed by atoms with Crippen molar-refractivity contribution in [2.24, 2.45) is 0 Å². The van der Waals surface area contributed by atoms with Crippen LogP contribution in [0.5, 0.6) is 0 Å². The van der Waals surface area contributed by atoms with Gasteiger partial charge in [-0.15, -0.1) is 0 Å². The molecule has 36 valence electrons. The van der Waals surface area contributed by atoms with E-state index in [1.807, 2.05) is 0 Å². The summed E-state index contributed by atoms with van der Waals surface area (Å²) in [4.78, 5) is 0. The van der Waals surface area contributed by atoms with E-state index in [1.54, 1.807) is 5.37 Å². The van der Waals surface area contributed by atoms with Gasteiger partial charge in [-0.25, -0.2) is 0 Å². The molecule has 0 atom stereocenters. The maximum Gasteiger partial charge on any atom is 1.00 e. The van der Waals surface area contributed by atoms with Gasteiger partial charge >= 0.3 is 29.6 Å². The van der Waals surface area contributed by atoms with Crippen molar-refractivity contribution in [2.75, 3.05) is 0 Å². The largest absolute Gasteiger partial charge is 1.00 e. The van der Waals surface area contributed by atoms with Crippen molar-refractivity contribution in [3.05, 3.63) is 6.92 Å². The normalized spacial score (nSPS) is 7.00. The van der Waals surface area contributed by atoms with E-state index in [0.29, 0.717) is 0 Å². The Balaban J connectivity index is 0. The van der Waals surface area contributed by atoms with Gasteiger partial charge in [-0.1, -0.05) is 18.6 Å². The van der Waals surface area contributed by atoms with Gasteiger partial charge in [0.25, 0.3) is 0 Å². The molecule has 0 bridgehead atoms. The third-order valence-corrected chi connectivity index (χ3v) is 0.808. The predicted molar refractivity (Wildman–Crippen MR) is 32.9 cm³/mol. The van der Waals surface area contributed by atoms with Crippen molar-refractivity contribution >= 4 is 17.6 Å². The van der Waals surface area contributed by atoms with Crippen molar-refractivity contribution in [1.29, 1.82) is 0 Å². The van der Waals surface area contributed by atoms with Crippen LogP contribution >= 0.6 is 12.2 Å². The quantitative estimate of drug-likeness (QED) is 0.201. The van der Waals surface area contributed by atoms with Gasteiger partial charge in [0.15, 0.2) is 0 Å². The Labute approximate surface area is 73.0 Å². The summed E-state index contributed by atoms with van der Waals surface area (Å²) in [5.41, 5.74) is 0. The summed E-state index contributed by atoms with van der Waals surface area (Å²) in [7, 11) is 0. The topological polar surface area (TPSA) is 0 Å². The van der Waals surface area contributed by atoms with Crippen molar-refractivity contribution in [3.8, 4) is 0 Å². The number of hydrogen-bond acceptors (Lipinski definition) is 1. The maximum atomic E-state index is 4.56. The van der Waals surface area contributed by atoms with Gasteiger partial charge in [0, 0.05) is 0 Å². The van der Waals surface area contributed by atoms with E-state index in [2.05, 4.69) is 19.1 Å². The maximum absolute atomic E-state index is 4.56. The first-order chi connectivity index (χ1) is 2.91. The molecule has 7 heavy (non-hydrogen) atoms. The molecule has 0 aromatic heterocycles. The first-order valence-electron chi connectivity index (χ1n) is 2.14. The molecule has 0 heterocycles. The Morgan fingerprint density at radius 3 is 2.29 bits per heavy atom. The van der Waals surface area contributed by atoms with E-state index in [4.69, 9.17) is 0 Å². The molecular formula is C5H9NaS. The van der Waals surface area contributed by atoms with E-state index in [-0.39, 0.29) is 29.6 Å². The molecule has 0 N–H and O–H groups in total. The molecule has 0 fully saturated rings. The van der Waals surface area contributed by atoms with Crippen LogP contribution in [0.2, 0.25) is 0 Å². The Morgan fingerprint density at radius 1 is 1.57 bits per heavy atom. The summed E-state index contributed by atoms with van der Waals surface area (Å²) < 4.78 is 0. The molecular weight excluding hydrogens is 115 g/mol. The smallest absolute Gasteiger partial charge is 0.343 e. The molecule has 2 heteroatoms. The van der Waals surface area contributed by atoms with E-state index in [9.17, 15) is 0 Å². The van der Waals surface area contributed by atoms with Crippen LogP contribution in [0.15, 0.2) is 0 Å². The molecule has 0 aliphatic rings. The van der Waals surface area contributed by atoms with Crippen LogP contribution in [0.3, 0.4) is 0 Å². The summed E-state index contributed by atoms with van der Waals surface area (Å²) in [6, 6.07) is 0. The van der Waals surface area contributed by atoms with Crippen LogP contribution in [0.25, 0.3) is 0 Å². The SMILES string of the molecule is [CH2-]CCCC=S.[Na+]. The fraction of sp³-hybridized carbons (Fsp3) is 0.600. The minimum Gasteiger partial charge on any atom is -0.343 e. The molecule has 0 saturated carbocycles. The summed E-state index contributed by atoms with van der Waals surface area (Å²) >= 11 is 4.56. The third-order valence-electron chi connectivity index (χ3n) is 0.572. The third kappa shape index (κ3) is 11.0. The first-order valence-corrected chi connectivity index (χ1v) is 2.62. The van der Waals surface area contributed by atoms with Crippen LogP contribution in [0.4, 0.5) is 0 Å². The Hall–Kier alpha value is 1.09. The minimum atomic E-state index is 0. The zero-order valence-corrected chi connectivity index (χ0v) is 7.63. The van der Waals surface area contributed by atoms with Crippen molar-refractivity contribution in [1.82, 2.24) is 0 Å². The van der Waals surface area contributed by atoms with Gasteiger partial charge in [-0.05, 0) is 11.8 Å². The average Bonchev–Trinajstić information content (AvgIpc) is 1.61. The monoisotopic (exact) mass is 124 g/mol. The summed E-state index contributed by atoms with van der Waals surface area (Å²) in [5, 5.41) is 1.76. The fourth-order valence-corrected chi connectivity index (χ4v) is 0.394. The molecule has 0 nitrogen and oxygen atoms in total. The zero-order valence-electron chi connectivity index (χ0n) is 4.81. The molecule has 0 saturated heterocycles. The first kappa shape index (κ1) is 11.0. The summed E-state index contributed by atoms with van der Waals surface area (Å²) in [5.74, 6) is 0. The molecule has 0 spiro atoms. The van der Waals surface area contributed by atoms with E-state index in [0.717, 1.165) is 19.3 Å². The van der Waals surface area contributed by atoms with Crippen LogP contribution in [-0.2, 0) is 0 Å². The molecule has 0 amide bonds. The Kier molecular flexibility index (Phi) is 15.9. The van der Waals surface area contributed by atoms with Gasteiger partial charge in [-0.2, -0.15) is 6.42 Å². The van der Waals surface area contributed by atoms with Gasteiger partial charge < -0.3 is 6.92 Å². The second kappa shape index (κ2) is 10.1. The second-order valence-electron chi connectivity index (χ2n) is 1.16. The van der Waals surface area contributed by atoms with E-state index < -0.39 is 0 Å². The molecule has 0 aromatic carbocycles. The summed E-state index contributed by atoms with van der Waals surface area (Å²) in [6.45, 7) is 3.66. The van der Waals surface area contributed by atoms with Gasteiger partial charge in [0.1, 0.15) is 0 Å². The molecule has 0 rings (SSSR count). The van der Waals surface area contributed by atoms with E-state index >= 15 is 0 Å². The van der Waals surface area contributed by atoms with Gasteiger partial charge in [-0.3, -0.25) is 0 Å². The van der Waals surface area contributed by atoms with Crippen molar-refractivity contribution < 1.29 is 29.6 Å². The van der Waals surface area contributed by atoms with Crippen LogP contribution in [-0.4, -0.2) is 5.37 Å². The molecule has 0 unspecified atom stereocenters. The van der Waals surface area contributed by atoms with Crippen molar-refractivity contribution in [2.45, 2.75) is 19.3 Å². The van der Waals surface area contributed by atoms with Crippen LogP contribution in [0.1, 0.15) is 19.3 Å². The average molecular weight is 124 g/mol. The Morgan fingerprint density at radius 2 is 2.14 bits per heavy atom. The molecule has 0 aromatic rings. The second-order valence-corrected chi connectivity index (χ2v) is 1.50. The fourth-order valence-electron chi connectivity index (χ4n) is 0.228. The molecule has 0 aliphatic heterocycles. The van der Waals surface area contributed by atoms with E-state index in [1.165, 1.54) is 0 Å². The molecule has 0 aliphatic carbocycles. The summed E-state index contributed by atoms with van der Waals surface area (Å²) in [6.07, 6.45) is 3.19. The van der Waals surface area contributed by atoms with Gasteiger partial charge in [0.05, 0.1) is 0 Å². The van der Waals surface area contributed by atoms with Crippen LogP contribution in [0, 0.1) is 6.92 Å². The van der Waals surface area contributed by atoms with Crippen LogP contribution < -0.4 is 29.6 Å². The number of rotatable bonds is 3. The zero-order chi connectivity index (χ0) is 4.83. The minimum absolute atomic E-state index is 0. The number of unbranched alkanes of at least 4 members (excludes halogenated alkanes) is 2. The predicted octanol–water partition coefficient (Wildman–Crippen LogP) is -1.01. The molecule has 0 radical (unpaired) electrons.